The van der Waals surface area contributed by atoms with Crippen molar-refractivity contribution in [3.63, 3.8) is 0 Å². The number of quaternary nitrogens is 1. The second-order valence-electron chi connectivity index (χ2n) is 21.0. The number of rotatable bonds is 54. The summed E-state index contributed by atoms with van der Waals surface area (Å²) >= 11 is 0. The van der Waals surface area contributed by atoms with E-state index in [1.54, 1.807) is 0 Å². The molecule has 0 heterocycles. The van der Waals surface area contributed by atoms with Crippen LogP contribution >= 0.6 is 7.82 Å². The lowest BCUT2D eigenvalue weighted by atomic mass is 10.0. The zero-order valence-corrected chi connectivity index (χ0v) is 51.0. The Bertz CT molecular complexity index is 1820. The van der Waals surface area contributed by atoms with Crippen LogP contribution in [0.2, 0.25) is 0 Å². The van der Waals surface area contributed by atoms with E-state index in [0.29, 0.717) is 17.4 Å². The minimum Gasteiger partial charge on any atom is -0.462 e. The Kier molecular flexibility index (Phi) is 54.5. The maximum Gasteiger partial charge on any atom is 0.472 e. The third-order valence-corrected chi connectivity index (χ3v) is 13.3. The van der Waals surface area contributed by atoms with Crippen LogP contribution in [0, 0.1) is 0 Å². The van der Waals surface area contributed by atoms with E-state index in [9.17, 15) is 19.0 Å². The molecule has 0 aliphatic heterocycles. The third kappa shape index (κ3) is 61.1. The smallest absolute Gasteiger partial charge is 0.462 e. The van der Waals surface area contributed by atoms with Gasteiger partial charge in [-0.05, 0) is 116 Å². The van der Waals surface area contributed by atoms with Gasteiger partial charge in [0.15, 0.2) is 6.10 Å². The molecule has 0 radical (unpaired) electrons. The van der Waals surface area contributed by atoms with Crippen molar-refractivity contribution in [1.82, 2.24) is 0 Å². The Morgan fingerprint density at radius 2 is 0.692 bits per heavy atom. The van der Waals surface area contributed by atoms with Crippen molar-refractivity contribution in [2.45, 2.75) is 225 Å². The van der Waals surface area contributed by atoms with Gasteiger partial charge in [-0.2, -0.15) is 0 Å². The lowest BCUT2D eigenvalue weighted by Gasteiger charge is -2.24. The number of unbranched alkanes of at least 4 members (excludes halogenated alkanes) is 16. The van der Waals surface area contributed by atoms with Crippen LogP contribution in [0.15, 0.2) is 146 Å². The number of hydrogen-bond donors (Lipinski definition) is 1. The van der Waals surface area contributed by atoms with Crippen LogP contribution in [0.1, 0.15) is 219 Å². The number of phosphoric acid groups is 1. The van der Waals surface area contributed by atoms with Gasteiger partial charge in [-0.15, -0.1) is 0 Å². The van der Waals surface area contributed by atoms with Crippen molar-refractivity contribution in [2.75, 3.05) is 47.5 Å². The van der Waals surface area contributed by atoms with Crippen LogP contribution in [0.3, 0.4) is 0 Å². The number of esters is 2. The molecule has 0 spiro atoms. The van der Waals surface area contributed by atoms with E-state index in [2.05, 4.69) is 160 Å². The van der Waals surface area contributed by atoms with Gasteiger partial charge in [0.1, 0.15) is 19.8 Å². The van der Waals surface area contributed by atoms with E-state index < -0.39 is 26.5 Å². The largest absolute Gasteiger partial charge is 0.472 e. The molecular weight excluding hydrogens is 990 g/mol. The average Bonchev–Trinajstić information content (AvgIpc) is 3.41. The molecule has 0 aliphatic rings. The summed E-state index contributed by atoms with van der Waals surface area (Å²) < 4.78 is 34.6. The zero-order valence-electron chi connectivity index (χ0n) is 50.1. The highest BCUT2D eigenvalue weighted by Gasteiger charge is 2.27. The second kappa shape index (κ2) is 57.6. The number of carbonyl (C=O) groups excluding carboxylic acids is 2. The monoisotopic (exact) mass is 1100 g/mol. The number of nitrogens with zero attached hydrogens (tertiary/aromatic N) is 1. The quantitative estimate of drug-likeness (QED) is 0.0211. The SMILES string of the molecule is CC/C=C\C/C=C\C/C=C\C/C=C\C/C=C\C/C=C\C/C=C\C/C=C\CCCCCCC(=O)OC(COC(=O)CCCCCCCCCCCCCC/C=C\C/C=C\C/C=C\C/C=C\CC)COP(=O)(O)OCC[N+](C)(C)C. The van der Waals surface area contributed by atoms with Crippen LogP contribution in [0.25, 0.3) is 0 Å². The summed E-state index contributed by atoms with van der Waals surface area (Å²) in [5.74, 6) is -0.838. The van der Waals surface area contributed by atoms with Gasteiger partial charge >= 0.3 is 19.8 Å². The first kappa shape index (κ1) is 73.9. The molecule has 0 saturated heterocycles. The summed E-state index contributed by atoms with van der Waals surface area (Å²) in [4.78, 5) is 35.8. The Hall–Kier alpha value is -4.11. The molecule has 0 aliphatic carbocycles. The highest BCUT2D eigenvalue weighted by Crippen LogP contribution is 2.43. The first-order valence-corrected chi connectivity index (χ1v) is 32.1. The molecule has 0 bridgehead atoms. The summed E-state index contributed by atoms with van der Waals surface area (Å²) in [6.07, 6.45) is 84.9. The van der Waals surface area contributed by atoms with Crippen LogP contribution in [0.5, 0.6) is 0 Å². The van der Waals surface area contributed by atoms with E-state index in [4.69, 9.17) is 18.5 Å². The zero-order chi connectivity index (χ0) is 57.0. The van der Waals surface area contributed by atoms with Crippen molar-refractivity contribution in [2.24, 2.45) is 0 Å². The third-order valence-electron chi connectivity index (χ3n) is 12.4. The number of allylic oxidation sites excluding steroid dienone is 24. The van der Waals surface area contributed by atoms with E-state index in [1.165, 1.54) is 64.2 Å². The summed E-state index contributed by atoms with van der Waals surface area (Å²) in [6, 6.07) is 0. The molecule has 0 aromatic heterocycles. The normalized spacial score (nSPS) is 14.3. The molecule has 0 aromatic rings. The number of likely N-dealkylation sites (N-methyl/N-ethyl adjacent to an activating group) is 1. The van der Waals surface area contributed by atoms with E-state index in [1.807, 2.05) is 21.1 Å². The lowest BCUT2D eigenvalue weighted by molar-refractivity contribution is -0.870. The van der Waals surface area contributed by atoms with Crippen molar-refractivity contribution in [3.8, 4) is 0 Å². The maximum atomic E-state index is 12.8. The lowest BCUT2D eigenvalue weighted by Crippen LogP contribution is -2.37. The van der Waals surface area contributed by atoms with Crippen LogP contribution in [-0.4, -0.2) is 74.9 Å². The van der Waals surface area contributed by atoms with Crippen molar-refractivity contribution in [1.29, 1.82) is 0 Å². The number of carbonyl (C=O) groups is 2. The summed E-state index contributed by atoms with van der Waals surface area (Å²) in [7, 11) is 1.44. The predicted molar refractivity (Wildman–Crippen MR) is 334 cm³/mol. The first-order chi connectivity index (χ1) is 38.0. The predicted octanol–water partition coefficient (Wildman–Crippen LogP) is 19.5. The Balaban J connectivity index is 4.25. The Labute approximate surface area is 478 Å². The fourth-order valence-electron chi connectivity index (χ4n) is 7.73. The molecule has 0 aromatic carbocycles. The van der Waals surface area contributed by atoms with Crippen LogP contribution in [0.4, 0.5) is 0 Å². The van der Waals surface area contributed by atoms with Gasteiger partial charge in [0.2, 0.25) is 0 Å². The molecule has 78 heavy (non-hydrogen) atoms. The molecule has 0 rings (SSSR count). The Morgan fingerprint density at radius 1 is 0.397 bits per heavy atom. The number of phosphoric ester groups is 1. The van der Waals surface area contributed by atoms with Crippen molar-refractivity contribution in [3.05, 3.63) is 146 Å². The summed E-state index contributed by atoms with van der Waals surface area (Å²) in [5, 5.41) is 0. The van der Waals surface area contributed by atoms with E-state index in [0.717, 1.165) is 122 Å². The molecule has 0 fully saturated rings. The maximum absolute atomic E-state index is 12.8. The molecule has 442 valence electrons. The van der Waals surface area contributed by atoms with Crippen molar-refractivity contribution < 1.29 is 42.1 Å². The molecule has 2 atom stereocenters. The van der Waals surface area contributed by atoms with Gasteiger partial charge in [0, 0.05) is 12.8 Å². The minimum absolute atomic E-state index is 0.0178. The Morgan fingerprint density at radius 3 is 1.03 bits per heavy atom. The average molecular weight is 1100 g/mol. The van der Waals surface area contributed by atoms with Gasteiger partial charge in [-0.1, -0.05) is 237 Å². The van der Waals surface area contributed by atoms with Gasteiger partial charge in [-0.25, -0.2) is 4.57 Å². The number of hydrogen-bond acceptors (Lipinski definition) is 7. The number of ether oxygens (including phenoxy) is 2. The van der Waals surface area contributed by atoms with E-state index in [-0.39, 0.29) is 32.0 Å². The minimum atomic E-state index is -4.41. The van der Waals surface area contributed by atoms with Crippen molar-refractivity contribution >= 4 is 19.8 Å². The second-order valence-corrected chi connectivity index (χ2v) is 22.4. The van der Waals surface area contributed by atoms with Gasteiger partial charge in [-0.3, -0.25) is 18.6 Å². The standard InChI is InChI=1S/C68H112NO8P/c1-6-8-10-12-14-16-18-20-22-24-26-28-30-32-33-34-35-37-39-41-43-45-47-49-51-53-55-57-59-61-68(71)77-66(65-76-78(72,73)75-63-62-69(3,4)5)64-74-67(70)60-58-56-54-52-50-48-46-44-42-40-38-36-31-29-27-25-23-21-19-17-15-13-11-9-7-2/h8-11,14-17,20-23,26-29,32-33,35,37,41,43,47,49,66H,6-7,12-13,18-19,24-25,30-31,34,36,38-40,42,44-46,48,50-65H2,1-5H3/p+1/b10-8-,11-9-,16-14-,17-15-,22-20-,23-21-,28-26-,29-27-,33-32-,37-35-,43-41-,49-47-. The van der Waals surface area contributed by atoms with Crippen LogP contribution < -0.4 is 0 Å². The summed E-state index contributed by atoms with van der Waals surface area (Å²) in [6.45, 7) is 4.16. The summed E-state index contributed by atoms with van der Waals surface area (Å²) in [5.41, 5.74) is 0. The molecule has 9 nitrogen and oxygen atoms in total. The topological polar surface area (TPSA) is 108 Å². The van der Waals surface area contributed by atoms with Gasteiger partial charge in [0.25, 0.3) is 0 Å². The molecule has 0 saturated carbocycles. The first-order valence-electron chi connectivity index (χ1n) is 30.6. The molecule has 1 N–H and O–H groups in total. The highest BCUT2D eigenvalue weighted by molar-refractivity contribution is 7.47. The van der Waals surface area contributed by atoms with Crippen LogP contribution in [-0.2, 0) is 32.7 Å². The van der Waals surface area contributed by atoms with Gasteiger partial charge < -0.3 is 18.9 Å². The van der Waals surface area contributed by atoms with Gasteiger partial charge in [0.05, 0.1) is 27.7 Å². The molecule has 0 amide bonds. The molecule has 10 heteroatoms. The van der Waals surface area contributed by atoms with E-state index >= 15 is 0 Å². The highest BCUT2D eigenvalue weighted by atomic mass is 31.2. The fourth-order valence-corrected chi connectivity index (χ4v) is 8.47. The molecule has 2 unspecified atom stereocenters. The molecular formula is C68H113NO8P+. The fraction of sp³-hybridized carbons (Fsp3) is 0.618.